The molecule has 126 valence electrons. The standard InChI is InChI=1S/C7H4INO4.C7H6INO2/c8-4-1-2-5(7(10)11)6(3-4)9(12)13;1-5-2-3-6(8)4-7(5)9(10)11/h1-3H,(H,10,11);2-4H,1H3. The molecule has 0 unspecified atom stereocenters. The number of benzene rings is 2. The fourth-order valence-electron chi connectivity index (χ4n) is 1.62. The summed E-state index contributed by atoms with van der Waals surface area (Å²) in [6.07, 6.45) is 0. The van der Waals surface area contributed by atoms with Gasteiger partial charge in [0, 0.05) is 24.8 Å². The number of hydrogen-bond donors (Lipinski definition) is 1. The highest BCUT2D eigenvalue weighted by Crippen LogP contribution is 2.21. The number of aromatic carboxylic acids is 1. The minimum absolute atomic E-state index is 0.192. The molecule has 10 heteroatoms. The van der Waals surface area contributed by atoms with Crippen LogP contribution >= 0.6 is 45.2 Å². The molecule has 1 N–H and O–H groups in total. The van der Waals surface area contributed by atoms with Crippen molar-refractivity contribution >= 4 is 62.5 Å². The summed E-state index contributed by atoms with van der Waals surface area (Å²) in [5, 5.41) is 29.4. The molecule has 0 saturated carbocycles. The Morgan fingerprint density at radius 2 is 1.42 bits per heavy atom. The van der Waals surface area contributed by atoms with E-state index in [1.807, 2.05) is 28.7 Å². The molecule has 0 heterocycles. The first-order chi connectivity index (χ1) is 11.1. The fourth-order valence-corrected chi connectivity index (χ4v) is 2.57. The van der Waals surface area contributed by atoms with Gasteiger partial charge in [-0.1, -0.05) is 6.07 Å². The van der Waals surface area contributed by atoms with Crippen LogP contribution in [0.3, 0.4) is 0 Å². The van der Waals surface area contributed by atoms with Gasteiger partial charge < -0.3 is 5.11 Å². The van der Waals surface area contributed by atoms with Crippen LogP contribution in [0.2, 0.25) is 0 Å². The zero-order chi connectivity index (χ0) is 18.4. The average Bonchev–Trinajstić information content (AvgIpc) is 2.49. The first-order valence-electron chi connectivity index (χ1n) is 6.21. The van der Waals surface area contributed by atoms with Gasteiger partial charge in [-0.25, -0.2) is 4.79 Å². The van der Waals surface area contributed by atoms with Crippen LogP contribution in [-0.4, -0.2) is 20.9 Å². The minimum atomic E-state index is -1.29. The van der Waals surface area contributed by atoms with Gasteiger partial charge in [0.25, 0.3) is 11.4 Å². The van der Waals surface area contributed by atoms with Gasteiger partial charge >= 0.3 is 5.97 Å². The minimum Gasteiger partial charge on any atom is -0.477 e. The molecule has 2 aromatic rings. The van der Waals surface area contributed by atoms with Crippen molar-refractivity contribution in [2.24, 2.45) is 0 Å². The Morgan fingerprint density at radius 3 is 1.83 bits per heavy atom. The largest absolute Gasteiger partial charge is 0.477 e. The molecule has 8 nitrogen and oxygen atoms in total. The van der Waals surface area contributed by atoms with E-state index in [1.165, 1.54) is 18.2 Å². The van der Waals surface area contributed by atoms with Crippen LogP contribution in [0.5, 0.6) is 0 Å². The quantitative estimate of drug-likeness (QED) is 0.340. The number of rotatable bonds is 3. The van der Waals surface area contributed by atoms with Crippen molar-refractivity contribution in [2.75, 3.05) is 0 Å². The van der Waals surface area contributed by atoms with Crippen LogP contribution in [0.25, 0.3) is 0 Å². The van der Waals surface area contributed by atoms with E-state index in [4.69, 9.17) is 5.11 Å². The summed E-state index contributed by atoms with van der Waals surface area (Å²) < 4.78 is 1.52. The van der Waals surface area contributed by atoms with Crippen LogP contribution in [0.4, 0.5) is 11.4 Å². The van der Waals surface area contributed by atoms with Crippen molar-refractivity contribution < 1.29 is 19.7 Å². The number of carbonyl (C=O) groups is 1. The van der Waals surface area contributed by atoms with Crippen molar-refractivity contribution in [3.05, 3.63) is 74.9 Å². The summed E-state index contributed by atoms with van der Waals surface area (Å²) in [5.41, 5.74) is 0.233. The smallest absolute Gasteiger partial charge is 0.342 e. The van der Waals surface area contributed by atoms with Crippen LogP contribution < -0.4 is 0 Å². The summed E-state index contributed by atoms with van der Waals surface area (Å²) in [6, 6.07) is 9.13. The normalized spacial score (nSPS) is 9.62. The van der Waals surface area contributed by atoms with Gasteiger partial charge in [-0.05, 0) is 70.3 Å². The van der Waals surface area contributed by atoms with Crippen LogP contribution in [0, 0.1) is 34.3 Å². The molecule has 2 rings (SSSR count). The summed E-state index contributed by atoms with van der Waals surface area (Å²) in [4.78, 5) is 30.3. The van der Waals surface area contributed by atoms with Crippen molar-refractivity contribution in [3.63, 3.8) is 0 Å². The maximum absolute atomic E-state index is 10.5. The number of carboxylic acids is 1. The Balaban J connectivity index is 0.000000243. The first kappa shape index (κ1) is 20.2. The summed E-state index contributed by atoms with van der Waals surface area (Å²) in [5.74, 6) is -1.29. The lowest BCUT2D eigenvalue weighted by molar-refractivity contribution is -0.385. The number of nitrogens with zero attached hydrogens (tertiary/aromatic N) is 2. The summed E-state index contributed by atoms with van der Waals surface area (Å²) >= 11 is 3.93. The third-order valence-electron chi connectivity index (χ3n) is 2.75. The van der Waals surface area contributed by atoms with Gasteiger partial charge in [0.05, 0.1) is 9.85 Å². The second kappa shape index (κ2) is 8.86. The van der Waals surface area contributed by atoms with E-state index < -0.39 is 10.9 Å². The van der Waals surface area contributed by atoms with Gasteiger partial charge in [0.15, 0.2) is 0 Å². The third-order valence-corrected chi connectivity index (χ3v) is 4.10. The molecule has 0 atom stereocenters. The number of aryl methyl sites for hydroxylation is 1. The molecule has 0 aliphatic rings. The lowest BCUT2D eigenvalue weighted by Crippen LogP contribution is -2.02. The molecule has 0 spiro atoms. The molecule has 24 heavy (non-hydrogen) atoms. The van der Waals surface area contributed by atoms with Crippen molar-refractivity contribution in [1.29, 1.82) is 0 Å². The lowest BCUT2D eigenvalue weighted by atomic mass is 10.2. The molecule has 0 saturated heterocycles. The highest BCUT2D eigenvalue weighted by atomic mass is 127. The molecule has 0 amide bonds. The zero-order valence-electron chi connectivity index (χ0n) is 12.1. The molecule has 0 aliphatic carbocycles. The zero-order valence-corrected chi connectivity index (χ0v) is 16.4. The molecule has 2 aromatic carbocycles. The number of nitro benzene ring substituents is 2. The monoisotopic (exact) mass is 556 g/mol. The highest BCUT2D eigenvalue weighted by Gasteiger charge is 2.19. The molecule has 0 fully saturated rings. The second-order valence-electron chi connectivity index (χ2n) is 4.41. The highest BCUT2D eigenvalue weighted by molar-refractivity contribution is 14.1. The Hall–Kier alpha value is -1.83. The third kappa shape index (κ3) is 5.67. The molecule has 0 aromatic heterocycles. The van der Waals surface area contributed by atoms with Gasteiger partial charge in [0.1, 0.15) is 5.56 Å². The Kier molecular flexibility index (Phi) is 7.47. The average molecular weight is 556 g/mol. The number of halogens is 2. The number of hydrogen-bond acceptors (Lipinski definition) is 5. The summed E-state index contributed by atoms with van der Waals surface area (Å²) in [6.45, 7) is 1.73. The van der Waals surface area contributed by atoms with Crippen LogP contribution in [0.15, 0.2) is 36.4 Å². The predicted octanol–water partition coefficient (Wildman–Crippen LogP) is 4.41. The fraction of sp³-hybridized carbons (Fsp3) is 0.0714. The van der Waals surface area contributed by atoms with Gasteiger partial charge in [-0.3, -0.25) is 20.2 Å². The maximum atomic E-state index is 10.5. The van der Waals surface area contributed by atoms with Gasteiger partial charge in [-0.15, -0.1) is 0 Å². The van der Waals surface area contributed by atoms with E-state index in [-0.39, 0.29) is 21.9 Å². The van der Waals surface area contributed by atoms with E-state index in [9.17, 15) is 25.0 Å². The number of carboxylic acid groups (broad SMARTS) is 1. The topological polar surface area (TPSA) is 124 Å². The van der Waals surface area contributed by atoms with Crippen LogP contribution in [0.1, 0.15) is 15.9 Å². The maximum Gasteiger partial charge on any atom is 0.342 e. The van der Waals surface area contributed by atoms with Crippen LogP contribution in [-0.2, 0) is 0 Å². The first-order valence-corrected chi connectivity index (χ1v) is 8.37. The van der Waals surface area contributed by atoms with E-state index in [2.05, 4.69) is 22.6 Å². The Bertz CT molecular complexity index is 810. The van der Waals surface area contributed by atoms with E-state index in [1.54, 1.807) is 19.1 Å². The van der Waals surface area contributed by atoms with Crippen molar-refractivity contribution in [3.8, 4) is 0 Å². The predicted molar refractivity (Wildman–Crippen MR) is 103 cm³/mol. The summed E-state index contributed by atoms with van der Waals surface area (Å²) in [7, 11) is 0. The van der Waals surface area contributed by atoms with E-state index in [0.29, 0.717) is 9.13 Å². The van der Waals surface area contributed by atoms with Crippen molar-refractivity contribution in [1.82, 2.24) is 0 Å². The number of nitro groups is 2. The van der Waals surface area contributed by atoms with E-state index in [0.717, 1.165) is 3.57 Å². The SMILES string of the molecule is Cc1ccc(I)cc1[N+](=O)[O-].O=C(O)c1ccc(I)cc1[N+](=O)[O-]. The Morgan fingerprint density at radius 1 is 0.958 bits per heavy atom. The van der Waals surface area contributed by atoms with E-state index >= 15 is 0 Å². The second-order valence-corrected chi connectivity index (χ2v) is 6.90. The van der Waals surface area contributed by atoms with Gasteiger partial charge in [-0.2, -0.15) is 0 Å². The Labute approximate surface area is 163 Å². The lowest BCUT2D eigenvalue weighted by Gasteiger charge is -1.97. The van der Waals surface area contributed by atoms with Gasteiger partial charge in [0.2, 0.25) is 0 Å². The molecular weight excluding hydrogens is 546 g/mol. The molecule has 0 radical (unpaired) electrons. The molecule has 0 bridgehead atoms. The molecular formula is C14H10I2N2O6. The van der Waals surface area contributed by atoms with Crippen molar-refractivity contribution in [2.45, 2.75) is 6.92 Å². The molecule has 0 aliphatic heterocycles.